The van der Waals surface area contributed by atoms with Gasteiger partial charge in [0.15, 0.2) is 0 Å². The molecule has 2 heterocycles. The smallest absolute Gasteiger partial charge is 0.254 e. The zero-order valence-electron chi connectivity index (χ0n) is 8.78. The highest BCUT2D eigenvalue weighted by molar-refractivity contribution is 5.97. The van der Waals surface area contributed by atoms with Crippen molar-refractivity contribution in [3.05, 3.63) is 35.4 Å². The fourth-order valence-corrected chi connectivity index (χ4v) is 2.80. The predicted octanol–water partition coefficient (Wildman–Crippen LogP) is 2.24. The molecule has 1 aromatic carbocycles. The fourth-order valence-electron chi connectivity index (χ4n) is 2.80. The quantitative estimate of drug-likeness (QED) is 0.630. The Labute approximate surface area is 89.9 Å². The molecule has 2 aliphatic heterocycles. The Morgan fingerprint density at radius 3 is 3.00 bits per heavy atom. The van der Waals surface area contributed by atoms with Crippen LogP contribution in [0.2, 0.25) is 0 Å². The Kier molecular flexibility index (Phi) is 2.01. The minimum atomic E-state index is 0.251. The number of carbonyl (C=O) groups excluding carboxylic acids is 1. The summed E-state index contributed by atoms with van der Waals surface area (Å²) in [4.78, 5) is 14.3. The second-order valence-electron chi connectivity index (χ2n) is 4.51. The molecule has 1 atom stereocenters. The molecule has 0 aromatic heterocycles. The van der Waals surface area contributed by atoms with E-state index >= 15 is 0 Å². The van der Waals surface area contributed by atoms with Gasteiger partial charge in [0, 0.05) is 18.2 Å². The Hall–Kier alpha value is -1.31. The van der Waals surface area contributed by atoms with E-state index in [-0.39, 0.29) is 5.91 Å². The Balaban J connectivity index is 2.02. The second-order valence-corrected chi connectivity index (χ2v) is 4.51. The average Bonchev–Trinajstić information content (AvgIpc) is 2.30. The lowest BCUT2D eigenvalue weighted by atomic mass is 9.88. The van der Waals surface area contributed by atoms with Crippen molar-refractivity contribution < 1.29 is 4.79 Å². The number of hydrogen-bond acceptors (Lipinski definition) is 1. The molecule has 0 bridgehead atoms. The summed E-state index contributed by atoms with van der Waals surface area (Å²) in [5.74, 6) is 0.251. The number of fused-ring (bicyclic) bond motifs is 2. The first-order valence-electron chi connectivity index (χ1n) is 5.75. The van der Waals surface area contributed by atoms with Gasteiger partial charge in [-0.2, -0.15) is 0 Å². The highest BCUT2D eigenvalue weighted by Crippen LogP contribution is 2.28. The first-order chi connectivity index (χ1) is 7.36. The van der Waals surface area contributed by atoms with E-state index in [0.29, 0.717) is 6.04 Å². The number of piperidine rings is 1. The monoisotopic (exact) mass is 201 g/mol. The Morgan fingerprint density at radius 2 is 2.07 bits per heavy atom. The Bertz CT molecular complexity index is 399. The molecule has 1 aromatic rings. The summed E-state index contributed by atoms with van der Waals surface area (Å²) in [7, 11) is 0. The Morgan fingerprint density at radius 1 is 1.20 bits per heavy atom. The van der Waals surface area contributed by atoms with Gasteiger partial charge in [-0.1, -0.05) is 18.2 Å². The highest BCUT2D eigenvalue weighted by atomic mass is 16.2. The molecule has 2 heteroatoms. The highest BCUT2D eigenvalue weighted by Gasteiger charge is 2.33. The van der Waals surface area contributed by atoms with Gasteiger partial charge in [0.2, 0.25) is 0 Å². The van der Waals surface area contributed by atoms with E-state index in [1.807, 2.05) is 18.2 Å². The second kappa shape index (κ2) is 3.37. The maximum absolute atomic E-state index is 12.2. The van der Waals surface area contributed by atoms with Crippen LogP contribution in [-0.4, -0.2) is 23.4 Å². The van der Waals surface area contributed by atoms with Crippen LogP contribution in [0, 0.1) is 0 Å². The average molecular weight is 201 g/mol. The summed E-state index contributed by atoms with van der Waals surface area (Å²) in [6.45, 7) is 0.956. The normalized spacial score (nSPS) is 24.7. The molecule has 0 aliphatic carbocycles. The van der Waals surface area contributed by atoms with Crippen LogP contribution in [0.15, 0.2) is 24.3 Å². The van der Waals surface area contributed by atoms with Crippen LogP contribution in [0.1, 0.15) is 35.2 Å². The first kappa shape index (κ1) is 8.96. The number of nitrogens with zero attached hydrogens (tertiary/aromatic N) is 1. The molecule has 0 N–H and O–H groups in total. The summed E-state index contributed by atoms with van der Waals surface area (Å²) in [6, 6.07) is 8.52. The molecule has 0 saturated carbocycles. The van der Waals surface area contributed by atoms with Gasteiger partial charge in [0.05, 0.1) is 0 Å². The summed E-state index contributed by atoms with van der Waals surface area (Å²) in [5.41, 5.74) is 2.17. The van der Waals surface area contributed by atoms with Gasteiger partial charge >= 0.3 is 0 Å². The molecule has 0 radical (unpaired) electrons. The van der Waals surface area contributed by atoms with Gasteiger partial charge in [0.1, 0.15) is 0 Å². The molecule has 2 aliphatic rings. The zero-order chi connectivity index (χ0) is 10.3. The molecule has 2 nitrogen and oxygen atoms in total. The lowest BCUT2D eigenvalue weighted by Crippen LogP contribution is -2.48. The van der Waals surface area contributed by atoms with Gasteiger partial charge in [0.25, 0.3) is 5.91 Å². The topological polar surface area (TPSA) is 20.3 Å². The molecule has 0 spiro atoms. The van der Waals surface area contributed by atoms with E-state index in [0.717, 1.165) is 18.5 Å². The lowest BCUT2D eigenvalue weighted by Gasteiger charge is -2.39. The van der Waals surface area contributed by atoms with E-state index in [1.165, 1.54) is 24.8 Å². The van der Waals surface area contributed by atoms with Gasteiger partial charge in [-0.25, -0.2) is 0 Å². The van der Waals surface area contributed by atoms with Crippen LogP contribution in [0.5, 0.6) is 0 Å². The van der Waals surface area contributed by atoms with Gasteiger partial charge in [-0.05, 0) is 37.3 Å². The number of amides is 1. The number of hydrogen-bond donors (Lipinski definition) is 0. The molecule has 78 valence electrons. The SMILES string of the molecule is O=C1c2ccccc2C[C@H]2CCCCN12. The summed E-state index contributed by atoms with van der Waals surface area (Å²) in [6.07, 6.45) is 4.68. The third-order valence-electron chi connectivity index (χ3n) is 3.59. The van der Waals surface area contributed by atoms with Crippen LogP contribution in [0.25, 0.3) is 0 Å². The maximum atomic E-state index is 12.2. The van der Waals surface area contributed by atoms with Crippen LogP contribution in [0.4, 0.5) is 0 Å². The van der Waals surface area contributed by atoms with Crippen molar-refractivity contribution in [1.82, 2.24) is 4.90 Å². The van der Waals surface area contributed by atoms with Crippen molar-refractivity contribution in [3.63, 3.8) is 0 Å². The van der Waals surface area contributed by atoms with Crippen molar-refractivity contribution in [1.29, 1.82) is 0 Å². The van der Waals surface area contributed by atoms with Crippen molar-refractivity contribution in [3.8, 4) is 0 Å². The van der Waals surface area contributed by atoms with Gasteiger partial charge in [-0.3, -0.25) is 4.79 Å². The van der Waals surface area contributed by atoms with Crippen LogP contribution < -0.4 is 0 Å². The van der Waals surface area contributed by atoms with Gasteiger partial charge < -0.3 is 4.90 Å². The van der Waals surface area contributed by atoms with E-state index in [4.69, 9.17) is 0 Å². The van der Waals surface area contributed by atoms with Crippen molar-refractivity contribution in [2.45, 2.75) is 31.7 Å². The third kappa shape index (κ3) is 1.36. The number of rotatable bonds is 0. The van der Waals surface area contributed by atoms with Crippen molar-refractivity contribution in [2.75, 3.05) is 6.54 Å². The largest absolute Gasteiger partial charge is 0.335 e. The molecule has 1 amide bonds. The number of benzene rings is 1. The van der Waals surface area contributed by atoms with Crippen LogP contribution in [0.3, 0.4) is 0 Å². The minimum absolute atomic E-state index is 0.251. The predicted molar refractivity (Wildman–Crippen MR) is 58.8 cm³/mol. The summed E-state index contributed by atoms with van der Waals surface area (Å²) in [5, 5.41) is 0. The lowest BCUT2D eigenvalue weighted by molar-refractivity contribution is 0.0582. The van der Waals surface area contributed by atoms with E-state index in [1.54, 1.807) is 0 Å². The molecule has 1 saturated heterocycles. The summed E-state index contributed by atoms with van der Waals surface area (Å²) >= 11 is 0. The van der Waals surface area contributed by atoms with Gasteiger partial charge in [-0.15, -0.1) is 0 Å². The van der Waals surface area contributed by atoms with E-state index < -0.39 is 0 Å². The molecule has 3 rings (SSSR count). The van der Waals surface area contributed by atoms with Crippen LogP contribution in [-0.2, 0) is 6.42 Å². The van der Waals surface area contributed by atoms with E-state index in [2.05, 4.69) is 11.0 Å². The number of carbonyl (C=O) groups is 1. The van der Waals surface area contributed by atoms with Crippen LogP contribution >= 0.6 is 0 Å². The summed E-state index contributed by atoms with van der Waals surface area (Å²) < 4.78 is 0. The fraction of sp³-hybridized carbons (Fsp3) is 0.462. The zero-order valence-corrected chi connectivity index (χ0v) is 8.78. The molecule has 1 fully saturated rings. The molecule has 0 unspecified atom stereocenters. The first-order valence-corrected chi connectivity index (χ1v) is 5.75. The standard InChI is InChI=1S/C13H15NO/c15-13-12-7-2-1-5-10(12)9-11-6-3-4-8-14(11)13/h1-2,5,7,11H,3-4,6,8-9H2/t11-/m1/s1. The molecule has 15 heavy (non-hydrogen) atoms. The van der Waals surface area contributed by atoms with E-state index in [9.17, 15) is 4.79 Å². The van der Waals surface area contributed by atoms with Crippen molar-refractivity contribution >= 4 is 5.91 Å². The maximum Gasteiger partial charge on any atom is 0.254 e. The third-order valence-corrected chi connectivity index (χ3v) is 3.59. The minimum Gasteiger partial charge on any atom is -0.335 e. The van der Waals surface area contributed by atoms with Crippen molar-refractivity contribution in [2.24, 2.45) is 0 Å². The molecular weight excluding hydrogens is 186 g/mol. The molecular formula is C13H15NO.